The average molecular weight is 592 g/mol. The largest absolute Gasteiger partial charge is 0.384 e. The van der Waals surface area contributed by atoms with Gasteiger partial charge >= 0.3 is 0 Å². The van der Waals surface area contributed by atoms with E-state index in [0.29, 0.717) is 23.2 Å². The fraction of sp³-hybridized carbons (Fsp3) is 0.444. The zero-order chi connectivity index (χ0) is 24.3. The number of allylic oxidation sites excluding steroid dienone is 3. The lowest BCUT2D eigenvalue weighted by atomic mass is 9.94. The van der Waals surface area contributed by atoms with E-state index in [1.165, 1.54) is 23.9 Å². The average Bonchev–Trinajstić information content (AvgIpc) is 2.83. The van der Waals surface area contributed by atoms with Crippen molar-refractivity contribution in [3.63, 3.8) is 0 Å². The van der Waals surface area contributed by atoms with E-state index in [9.17, 15) is 0 Å². The standard InChI is InChI=1S/C27H35ClIN5/c1-2-15-34(17-13-29)16-4-3-14-32-26(30)21-8-5-20(6-9-21)7-12-24-25-18-23(28)11-10-22(25)19-33-27(24)31/h5,8-11,18,20,33H,2-4,6,13-17,19,31H2,1H3,(H2,30,32). The number of halogens is 2. The molecule has 34 heavy (non-hydrogen) atoms. The lowest BCUT2D eigenvalue weighted by Crippen LogP contribution is -2.27. The molecule has 1 aromatic carbocycles. The van der Waals surface area contributed by atoms with Gasteiger partial charge in [-0.25, -0.2) is 0 Å². The van der Waals surface area contributed by atoms with E-state index in [-0.39, 0.29) is 5.92 Å². The maximum absolute atomic E-state index is 6.25. The van der Waals surface area contributed by atoms with Crippen molar-refractivity contribution >= 4 is 45.6 Å². The van der Waals surface area contributed by atoms with Gasteiger partial charge in [-0.15, -0.1) is 0 Å². The molecule has 1 atom stereocenters. The number of benzene rings is 1. The van der Waals surface area contributed by atoms with Crippen molar-refractivity contribution in [2.45, 2.75) is 39.2 Å². The number of amidine groups is 1. The van der Waals surface area contributed by atoms with Gasteiger partial charge in [-0.05, 0) is 56.5 Å². The Morgan fingerprint density at radius 2 is 2.15 bits per heavy atom. The van der Waals surface area contributed by atoms with Crippen molar-refractivity contribution in [1.29, 1.82) is 0 Å². The number of aliphatic imine (C=N–C) groups is 1. The monoisotopic (exact) mass is 591 g/mol. The molecule has 0 spiro atoms. The van der Waals surface area contributed by atoms with Crippen LogP contribution in [0.3, 0.4) is 0 Å². The summed E-state index contributed by atoms with van der Waals surface area (Å²) in [5.74, 6) is 7.96. The molecule has 0 aromatic heterocycles. The lowest BCUT2D eigenvalue weighted by molar-refractivity contribution is 0.287. The fourth-order valence-electron chi connectivity index (χ4n) is 4.09. The highest BCUT2D eigenvalue weighted by atomic mass is 127. The maximum atomic E-state index is 6.25. The molecule has 0 saturated carbocycles. The third kappa shape index (κ3) is 7.79. The second-order valence-corrected chi connectivity index (χ2v) is 10.1. The Balaban J connectivity index is 1.51. The summed E-state index contributed by atoms with van der Waals surface area (Å²) in [4.78, 5) is 7.13. The van der Waals surface area contributed by atoms with Crippen LogP contribution >= 0.6 is 34.2 Å². The van der Waals surface area contributed by atoms with Gasteiger partial charge in [0.05, 0.1) is 5.57 Å². The van der Waals surface area contributed by atoms with Crippen molar-refractivity contribution in [3.05, 3.63) is 64.0 Å². The Hall–Kier alpha value is -1.95. The van der Waals surface area contributed by atoms with Crippen molar-refractivity contribution in [2.24, 2.45) is 22.4 Å². The molecule has 1 aliphatic heterocycles. The van der Waals surface area contributed by atoms with E-state index in [1.807, 2.05) is 24.3 Å². The van der Waals surface area contributed by atoms with Gasteiger partial charge in [0.2, 0.25) is 0 Å². The molecule has 5 nitrogen and oxygen atoms in total. The minimum absolute atomic E-state index is 0.115. The van der Waals surface area contributed by atoms with E-state index in [4.69, 9.17) is 23.1 Å². The zero-order valence-electron chi connectivity index (χ0n) is 19.9. The highest BCUT2D eigenvalue weighted by Gasteiger charge is 2.16. The van der Waals surface area contributed by atoms with Crippen LogP contribution in [-0.4, -0.2) is 41.3 Å². The molecule has 1 aliphatic carbocycles. The maximum Gasteiger partial charge on any atom is 0.125 e. The van der Waals surface area contributed by atoms with Gasteiger partial charge in [0, 0.05) is 46.1 Å². The van der Waals surface area contributed by atoms with E-state index in [1.54, 1.807) is 0 Å². The second kappa shape index (κ2) is 13.8. The molecular formula is C27H35ClIN5. The van der Waals surface area contributed by atoms with Gasteiger partial charge in [0.1, 0.15) is 11.7 Å². The summed E-state index contributed by atoms with van der Waals surface area (Å²) in [6, 6.07) is 5.85. The number of rotatable bonds is 10. The third-order valence-corrected chi connectivity index (χ3v) is 6.68. The molecule has 7 heteroatoms. The summed E-state index contributed by atoms with van der Waals surface area (Å²) in [7, 11) is 0. The number of hydrogen-bond acceptors (Lipinski definition) is 4. The Labute approximate surface area is 222 Å². The summed E-state index contributed by atoms with van der Waals surface area (Å²) in [6.07, 6.45) is 10.5. The van der Waals surface area contributed by atoms with Crippen LogP contribution in [0.1, 0.15) is 43.7 Å². The molecule has 182 valence electrons. The van der Waals surface area contributed by atoms with Crippen LogP contribution in [0.25, 0.3) is 5.57 Å². The van der Waals surface area contributed by atoms with Crippen LogP contribution in [0.15, 0.2) is 52.8 Å². The van der Waals surface area contributed by atoms with E-state index < -0.39 is 0 Å². The Morgan fingerprint density at radius 1 is 1.29 bits per heavy atom. The van der Waals surface area contributed by atoms with Crippen molar-refractivity contribution in [3.8, 4) is 11.8 Å². The number of hydrogen-bond donors (Lipinski definition) is 3. The first-order valence-corrected chi connectivity index (χ1v) is 13.9. The quantitative estimate of drug-likeness (QED) is 0.0907. The molecule has 5 N–H and O–H groups in total. The topological polar surface area (TPSA) is 79.7 Å². The van der Waals surface area contributed by atoms with Crippen molar-refractivity contribution in [2.75, 3.05) is 30.6 Å². The summed E-state index contributed by atoms with van der Waals surface area (Å²) in [5.41, 5.74) is 16.4. The molecule has 0 bridgehead atoms. The number of nitrogens with zero attached hydrogens (tertiary/aromatic N) is 2. The number of nitrogens with one attached hydrogen (secondary N) is 1. The molecule has 0 amide bonds. The van der Waals surface area contributed by atoms with Crippen LogP contribution in [0, 0.1) is 17.8 Å². The van der Waals surface area contributed by atoms with Gasteiger partial charge < -0.3 is 21.7 Å². The summed E-state index contributed by atoms with van der Waals surface area (Å²) in [6.45, 7) is 7.18. The number of alkyl halides is 1. The molecule has 1 unspecified atom stereocenters. The minimum Gasteiger partial charge on any atom is -0.384 e. The first-order chi connectivity index (χ1) is 16.5. The van der Waals surface area contributed by atoms with Gasteiger partial charge in [0.25, 0.3) is 0 Å². The molecule has 1 aromatic rings. The highest BCUT2D eigenvalue weighted by Crippen LogP contribution is 2.27. The van der Waals surface area contributed by atoms with Gasteiger partial charge in [0.15, 0.2) is 0 Å². The Kier molecular flexibility index (Phi) is 10.8. The molecule has 2 aliphatic rings. The molecular weight excluding hydrogens is 557 g/mol. The Morgan fingerprint density at radius 3 is 2.88 bits per heavy atom. The smallest absolute Gasteiger partial charge is 0.125 e. The molecule has 1 heterocycles. The van der Waals surface area contributed by atoms with E-state index >= 15 is 0 Å². The molecule has 0 saturated heterocycles. The number of unbranched alkanes of at least 4 members (excludes halogenated alkanes) is 1. The minimum atomic E-state index is 0.115. The molecule has 0 radical (unpaired) electrons. The van der Waals surface area contributed by atoms with E-state index in [0.717, 1.165) is 54.6 Å². The van der Waals surface area contributed by atoms with Gasteiger partial charge in [-0.1, -0.05) is 77.3 Å². The van der Waals surface area contributed by atoms with Crippen molar-refractivity contribution < 1.29 is 0 Å². The van der Waals surface area contributed by atoms with Crippen LogP contribution in [-0.2, 0) is 6.54 Å². The predicted molar refractivity (Wildman–Crippen MR) is 154 cm³/mol. The van der Waals surface area contributed by atoms with Crippen LogP contribution in [0.5, 0.6) is 0 Å². The second-order valence-electron chi connectivity index (χ2n) is 8.58. The summed E-state index contributed by atoms with van der Waals surface area (Å²) >= 11 is 8.65. The Bertz CT molecular complexity index is 1030. The fourth-order valence-corrected chi connectivity index (χ4v) is 4.94. The van der Waals surface area contributed by atoms with E-state index in [2.05, 4.69) is 68.7 Å². The van der Waals surface area contributed by atoms with Crippen LogP contribution in [0.4, 0.5) is 0 Å². The first-order valence-electron chi connectivity index (χ1n) is 12.0. The number of fused-ring (bicyclic) bond motifs is 1. The first kappa shape index (κ1) is 26.7. The molecule has 3 rings (SSSR count). The SMILES string of the molecule is CCCN(CCI)CCCCN=C(N)C1=CCC(C#CC2=C(N)NCc3ccc(Cl)cc32)C=C1. The summed E-state index contributed by atoms with van der Waals surface area (Å²) < 4.78 is 1.18. The number of nitrogens with two attached hydrogens (primary N) is 2. The van der Waals surface area contributed by atoms with Crippen molar-refractivity contribution in [1.82, 2.24) is 10.2 Å². The highest BCUT2D eigenvalue weighted by molar-refractivity contribution is 14.1. The van der Waals surface area contributed by atoms with Crippen LogP contribution < -0.4 is 16.8 Å². The summed E-state index contributed by atoms with van der Waals surface area (Å²) in [5, 5.41) is 3.90. The van der Waals surface area contributed by atoms with Gasteiger partial charge in [-0.2, -0.15) is 0 Å². The zero-order valence-corrected chi connectivity index (χ0v) is 22.8. The lowest BCUT2D eigenvalue weighted by Gasteiger charge is -2.20. The third-order valence-electron chi connectivity index (χ3n) is 5.96. The normalized spacial score (nSPS) is 17.7. The van der Waals surface area contributed by atoms with Gasteiger partial charge in [-0.3, -0.25) is 4.99 Å². The molecule has 0 fully saturated rings. The predicted octanol–water partition coefficient (Wildman–Crippen LogP) is 4.86. The van der Waals surface area contributed by atoms with Crippen LogP contribution in [0.2, 0.25) is 5.02 Å².